The zero-order valence-corrected chi connectivity index (χ0v) is 11.3. The Labute approximate surface area is 121 Å². The number of benzene rings is 1. The first-order valence-electron chi connectivity index (χ1n) is 6.91. The second-order valence-electron chi connectivity index (χ2n) is 5.15. The molecule has 0 N–H and O–H groups in total. The lowest BCUT2D eigenvalue weighted by Gasteiger charge is -2.32. The Morgan fingerprint density at radius 2 is 2.14 bits per heavy atom. The van der Waals surface area contributed by atoms with E-state index in [0.717, 1.165) is 11.3 Å². The van der Waals surface area contributed by atoms with E-state index in [9.17, 15) is 4.79 Å². The van der Waals surface area contributed by atoms with Gasteiger partial charge in [-0.25, -0.2) is 0 Å². The number of amides is 1. The monoisotopic (exact) mass is 286 g/mol. The molecule has 2 aliphatic rings. The van der Waals surface area contributed by atoms with Gasteiger partial charge in [-0.2, -0.15) is 0 Å². The molecule has 0 saturated carbocycles. The zero-order chi connectivity index (χ0) is 14.2. The third kappa shape index (κ3) is 2.12. The van der Waals surface area contributed by atoms with Crippen LogP contribution >= 0.6 is 0 Å². The van der Waals surface area contributed by atoms with Crippen LogP contribution in [0.25, 0.3) is 0 Å². The molecule has 1 atom stereocenters. The molecule has 1 aromatic carbocycles. The maximum absolute atomic E-state index is 12.6. The van der Waals surface area contributed by atoms with Crippen LogP contribution in [0.4, 0.5) is 0 Å². The number of ether oxygens (including phenoxy) is 2. The summed E-state index contributed by atoms with van der Waals surface area (Å²) >= 11 is 0. The maximum atomic E-state index is 12.6. The Morgan fingerprint density at radius 3 is 3.05 bits per heavy atom. The highest BCUT2D eigenvalue weighted by Gasteiger charge is 2.33. The average molecular weight is 286 g/mol. The highest BCUT2D eigenvalue weighted by atomic mass is 16.6. The van der Waals surface area contributed by atoms with E-state index >= 15 is 0 Å². The fourth-order valence-corrected chi connectivity index (χ4v) is 2.67. The van der Waals surface area contributed by atoms with E-state index in [-0.39, 0.29) is 12.5 Å². The largest absolute Gasteiger partial charge is 0.485 e. The Kier molecular flexibility index (Phi) is 2.80. The third-order valence-corrected chi connectivity index (χ3v) is 3.80. The Bertz CT molecular complexity index is 682. The third-order valence-electron chi connectivity index (χ3n) is 3.80. The second kappa shape index (κ2) is 4.80. The van der Waals surface area contributed by atoms with Crippen LogP contribution in [0.2, 0.25) is 0 Å². The summed E-state index contributed by atoms with van der Waals surface area (Å²) in [5.41, 5.74) is 0.965. The molecule has 6 heteroatoms. The minimum atomic E-state index is -0.596. The predicted octanol–water partition coefficient (Wildman–Crippen LogP) is 1.40. The number of aromatic nitrogens is 1. The summed E-state index contributed by atoms with van der Waals surface area (Å²) < 4.78 is 16.5. The van der Waals surface area contributed by atoms with Crippen molar-refractivity contribution in [2.75, 3.05) is 13.2 Å². The van der Waals surface area contributed by atoms with E-state index in [2.05, 4.69) is 5.16 Å². The van der Waals surface area contributed by atoms with Crippen LogP contribution in [0.3, 0.4) is 0 Å². The summed E-state index contributed by atoms with van der Waals surface area (Å²) in [5, 5.41) is 3.77. The molecule has 4 rings (SSSR count). The van der Waals surface area contributed by atoms with Gasteiger partial charge in [0.25, 0.3) is 5.91 Å². The van der Waals surface area contributed by atoms with Crippen LogP contribution in [0.15, 0.2) is 35.0 Å². The molecule has 0 aliphatic carbocycles. The number of carbonyl (C=O) groups is 1. The summed E-state index contributed by atoms with van der Waals surface area (Å²) in [6.45, 7) is 1.37. The van der Waals surface area contributed by atoms with Gasteiger partial charge in [0.15, 0.2) is 11.5 Å². The number of hydrogen-bond acceptors (Lipinski definition) is 5. The van der Waals surface area contributed by atoms with E-state index in [1.165, 1.54) is 0 Å². The van der Waals surface area contributed by atoms with Gasteiger partial charge >= 0.3 is 0 Å². The number of fused-ring (bicyclic) bond motifs is 2. The lowest BCUT2D eigenvalue weighted by atomic mass is 10.1. The lowest BCUT2D eigenvalue weighted by molar-refractivity contribution is -0.142. The molecule has 1 amide bonds. The van der Waals surface area contributed by atoms with Gasteiger partial charge in [-0.1, -0.05) is 17.3 Å². The van der Waals surface area contributed by atoms with Crippen LogP contribution in [-0.2, 0) is 17.8 Å². The summed E-state index contributed by atoms with van der Waals surface area (Å²) in [5.74, 6) is 2.10. The molecule has 21 heavy (non-hydrogen) atoms. The van der Waals surface area contributed by atoms with Gasteiger partial charge in [-0.05, 0) is 12.1 Å². The van der Waals surface area contributed by atoms with Crippen molar-refractivity contribution in [3.05, 3.63) is 41.8 Å². The fourth-order valence-electron chi connectivity index (χ4n) is 2.67. The van der Waals surface area contributed by atoms with Crippen LogP contribution in [0.5, 0.6) is 11.5 Å². The van der Waals surface area contributed by atoms with E-state index < -0.39 is 6.10 Å². The van der Waals surface area contributed by atoms with Crippen molar-refractivity contribution in [1.29, 1.82) is 0 Å². The van der Waals surface area contributed by atoms with Crippen molar-refractivity contribution in [3.63, 3.8) is 0 Å². The second-order valence-corrected chi connectivity index (χ2v) is 5.15. The molecular weight excluding hydrogens is 272 g/mol. The van der Waals surface area contributed by atoms with Crippen LogP contribution in [0, 0.1) is 0 Å². The Balaban J connectivity index is 1.49. The van der Waals surface area contributed by atoms with E-state index in [4.69, 9.17) is 14.0 Å². The van der Waals surface area contributed by atoms with Gasteiger partial charge < -0.3 is 18.9 Å². The number of para-hydroxylation sites is 2. The highest BCUT2D eigenvalue weighted by Crippen LogP contribution is 2.31. The van der Waals surface area contributed by atoms with Gasteiger partial charge in [-0.3, -0.25) is 4.79 Å². The van der Waals surface area contributed by atoms with Crippen LogP contribution in [-0.4, -0.2) is 35.2 Å². The summed E-state index contributed by atoms with van der Waals surface area (Å²) in [6, 6.07) is 7.38. The standard InChI is InChI=1S/C15H14N2O4/c18-15(17-6-5-11-10(8-17)7-16-21-11)14-9-19-12-3-1-2-4-13(12)20-14/h1-4,7,14H,5-6,8-9H2/t14-/m1/s1. The van der Waals surface area contributed by atoms with Crippen LogP contribution in [0.1, 0.15) is 11.3 Å². The number of carbonyl (C=O) groups excluding carboxylic acids is 1. The van der Waals surface area contributed by atoms with Gasteiger partial charge in [-0.15, -0.1) is 0 Å². The predicted molar refractivity (Wildman–Crippen MR) is 72.0 cm³/mol. The van der Waals surface area contributed by atoms with Crippen molar-refractivity contribution in [2.24, 2.45) is 0 Å². The molecule has 108 valence electrons. The quantitative estimate of drug-likeness (QED) is 0.793. The highest BCUT2D eigenvalue weighted by molar-refractivity contribution is 5.82. The van der Waals surface area contributed by atoms with Crippen LogP contribution < -0.4 is 9.47 Å². The van der Waals surface area contributed by atoms with Crippen molar-refractivity contribution < 1.29 is 18.8 Å². The number of hydrogen-bond donors (Lipinski definition) is 0. The van der Waals surface area contributed by atoms with E-state index in [1.54, 1.807) is 11.1 Å². The van der Waals surface area contributed by atoms with E-state index in [1.807, 2.05) is 24.3 Å². The van der Waals surface area contributed by atoms with E-state index in [0.29, 0.717) is 31.0 Å². The number of rotatable bonds is 1. The van der Waals surface area contributed by atoms with Crippen molar-refractivity contribution in [3.8, 4) is 11.5 Å². The molecule has 3 heterocycles. The minimum Gasteiger partial charge on any atom is -0.485 e. The molecule has 2 aromatic rings. The van der Waals surface area contributed by atoms with Gasteiger partial charge in [0.05, 0.1) is 12.7 Å². The molecule has 1 aromatic heterocycles. The molecule has 0 fully saturated rings. The Morgan fingerprint density at radius 1 is 1.29 bits per heavy atom. The molecule has 0 saturated heterocycles. The fraction of sp³-hybridized carbons (Fsp3) is 0.333. The normalized spacial score (nSPS) is 20.0. The maximum Gasteiger partial charge on any atom is 0.267 e. The van der Waals surface area contributed by atoms with Gasteiger partial charge in [0.1, 0.15) is 12.4 Å². The first-order valence-corrected chi connectivity index (χ1v) is 6.91. The van der Waals surface area contributed by atoms with Crippen molar-refractivity contribution in [1.82, 2.24) is 10.1 Å². The molecule has 0 bridgehead atoms. The summed E-state index contributed by atoms with van der Waals surface area (Å²) in [4.78, 5) is 14.3. The number of nitrogens with zero attached hydrogens (tertiary/aromatic N) is 2. The molecule has 0 spiro atoms. The smallest absolute Gasteiger partial charge is 0.267 e. The summed E-state index contributed by atoms with van der Waals surface area (Å²) in [7, 11) is 0. The lowest BCUT2D eigenvalue weighted by Crippen LogP contribution is -2.47. The first-order chi connectivity index (χ1) is 10.3. The topological polar surface area (TPSA) is 64.8 Å². The van der Waals surface area contributed by atoms with Crippen molar-refractivity contribution in [2.45, 2.75) is 19.1 Å². The average Bonchev–Trinajstić information content (AvgIpc) is 3.01. The first kappa shape index (κ1) is 12.3. The zero-order valence-electron chi connectivity index (χ0n) is 11.3. The van der Waals surface area contributed by atoms with Gasteiger partial charge in [0.2, 0.25) is 6.10 Å². The van der Waals surface area contributed by atoms with Gasteiger partial charge in [0, 0.05) is 18.5 Å². The van der Waals surface area contributed by atoms with Crippen molar-refractivity contribution >= 4 is 5.91 Å². The molecule has 6 nitrogen and oxygen atoms in total. The minimum absolute atomic E-state index is 0.0589. The molecule has 0 radical (unpaired) electrons. The molecular formula is C15H14N2O4. The SMILES string of the molecule is O=C([C@H]1COc2ccccc2O1)N1CCc2oncc2C1. The summed E-state index contributed by atoms with van der Waals surface area (Å²) in [6.07, 6.45) is 1.76. The molecule has 0 unspecified atom stereocenters. The molecule has 2 aliphatic heterocycles. The Hall–Kier alpha value is -2.50.